The zero-order valence-electron chi connectivity index (χ0n) is 15.4. The molecule has 0 aliphatic heterocycles. The Morgan fingerprint density at radius 1 is 1.04 bits per heavy atom. The lowest BCUT2D eigenvalue weighted by molar-refractivity contribution is -0.142. The third kappa shape index (κ3) is 4.76. The molecule has 0 radical (unpaired) electrons. The van der Waals surface area contributed by atoms with Gasteiger partial charge in [0.2, 0.25) is 5.91 Å². The van der Waals surface area contributed by atoms with Crippen LogP contribution < -0.4 is 16.6 Å². The number of carbonyl (C=O) groups excluding carboxylic acids is 1. The number of nitrogens with one attached hydrogen (secondary N) is 1. The Morgan fingerprint density at radius 3 is 2.36 bits per heavy atom. The van der Waals surface area contributed by atoms with E-state index in [1.165, 1.54) is 16.8 Å². The summed E-state index contributed by atoms with van der Waals surface area (Å²) in [5.74, 6) is -1.59. The molecule has 148 valence electrons. The van der Waals surface area contributed by atoms with Crippen molar-refractivity contribution < 1.29 is 14.7 Å². The van der Waals surface area contributed by atoms with Crippen molar-refractivity contribution in [1.82, 2.24) is 14.5 Å². The molecule has 1 heterocycles. The Labute approximate surface area is 161 Å². The van der Waals surface area contributed by atoms with Gasteiger partial charge in [0.15, 0.2) is 0 Å². The largest absolute Gasteiger partial charge is 0.481 e. The maximum atomic E-state index is 12.6. The summed E-state index contributed by atoms with van der Waals surface area (Å²) in [6, 6.07) is 10.5. The van der Waals surface area contributed by atoms with Crippen LogP contribution in [0.3, 0.4) is 0 Å². The number of rotatable bonds is 6. The summed E-state index contributed by atoms with van der Waals surface area (Å²) >= 11 is 0. The van der Waals surface area contributed by atoms with Crippen LogP contribution in [0.2, 0.25) is 0 Å². The summed E-state index contributed by atoms with van der Waals surface area (Å²) in [6.45, 7) is -0.0487. The minimum absolute atomic E-state index is 0.131. The first-order chi connectivity index (χ1) is 13.4. The van der Waals surface area contributed by atoms with Crippen LogP contribution in [0.1, 0.15) is 31.2 Å². The number of amides is 1. The van der Waals surface area contributed by atoms with Crippen molar-refractivity contribution in [2.75, 3.05) is 0 Å². The maximum absolute atomic E-state index is 12.6. The van der Waals surface area contributed by atoms with E-state index in [1.807, 2.05) is 30.3 Å². The van der Waals surface area contributed by atoms with Crippen molar-refractivity contribution in [2.24, 2.45) is 5.92 Å². The predicted molar refractivity (Wildman–Crippen MR) is 102 cm³/mol. The number of carbonyl (C=O) groups is 2. The third-order valence-corrected chi connectivity index (χ3v) is 5.08. The van der Waals surface area contributed by atoms with E-state index in [9.17, 15) is 19.2 Å². The van der Waals surface area contributed by atoms with Crippen LogP contribution in [-0.4, -0.2) is 32.2 Å². The molecule has 2 N–H and O–H groups in total. The molecule has 3 rings (SSSR count). The van der Waals surface area contributed by atoms with Crippen LogP contribution in [0.25, 0.3) is 0 Å². The second-order valence-corrected chi connectivity index (χ2v) is 7.09. The number of carboxylic acid groups (broad SMARTS) is 1. The number of aromatic nitrogens is 2. The summed E-state index contributed by atoms with van der Waals surface area (Å²) in [6.07, 6.45) is 3.60. The van der Waals surface area contributed by atoms with Gasteiger partial charge >= 0.3 is 11.7 Å². The Morgan fingerprint density at radius 2 is 1.71 bits per heavy atom. The molecular formula is C20H23N3O5. The zero-order valence-corrected chi connectivity index (χ0v) is 15.4. The number of hydrogen-bond acceptors (Lipinski definition) is 4. The molecule has 8 heteroatoms. The van der Waals surface area contributed by atoms with E-state index in [0.717, 1.165) is 10.1 Å². The van der Waals surface area contributed by atoms with E-state index >= 15 is 0 Å². The number of hydrogen-bond donors (Lipinski definition) is 2. The lowest BCUT2D eigenvalue weighted by Crippen LogP contribution is -2.46. The van der Waals surface area contributed by atoms with E-state index in [1.54, 1.807) is 0 Å². The number of aliphatic carboxylic acids is 1. The minimum atomic E-state index is -0.806. The minimum Gasteiger partial charge on any atom is -0.481 e. The fourth-order valence-electron chi connectivity index (χ4n) is 3.50. The van der Waals surface area contributed by atoms with Crippen molar-refractivity contribution in [2.45, 2.75) is 44.8 Å². The lowest BCUT2D eigenvalue weighted by Gasteiger charge is -2.26. The van der Waals surface area contributed by atoms with Gasteiger partial charge in [-0.2, -0.15) is 0 Å². The van der Waals surface area contributed by atoms with Crippen LogP contribution in [0.15, 0.2) is 52.2 Å². The van der Waals surface area contributed by atoms with Crippen molar-refractivity contribution in [1.29, 1.82) is 0 Å². The van der Waals surface area contributed by atoms with Crippen LogP contribution in [-0.2, 0) is 22.7 Å². The molecule has 0 saturated heterocycles. The standard InChI is InChI=1S/C20H23N3O5/c24-17(21-16-8-6-15(7-9-16)19(26)27)13-23-18(25)10-11-22(20(23)28)12-14-4-2-1-3-5-14/h1-5,10-11,15-16H,6-9,12-13H2,(H,21,24)(H,26,27). The third-order valence-electron chi connectivity index (χ3n) is 5.08. The molecule has 0 spiro atoms. The van der Waals surface area contributed by atoms with Gasteiger partial charge in [-0.15, -0.1) is 0 Å². The van der Waals surface area contributed by atoms with Gasteiger partial charge in [0.25, 0.3) is 5.56 Å². The second kappa shape index (κ2) is 8.69. The maximum Gasteiger partial charge on any atom is 0.331 e. The molecule has 0 bridgehead atoms. The molecule has 1 saturated carbocycles. The van der Waals surface area contributed by atoms with Crippen molar-refractivity contribution in [3.8, 4) is 0 Å². The van der Waals surface area contributed by atoms with E-state index in [4.69, 9.17) is 5.11 Å². The van der Waals surface area contributed by atoms with Crippen molar-refractivity contribution in [3.63, 3.8) is 0 Å². The summed E-state index contributed by atoms with van der Waals surface area (Å²) in [7, 11) is 0. The highest BCUT2D eigenvalue weighted by Crippen LogP contribution is 2.24. The molecule has 8 nitrogen and oxygen atoms in total. The normalized spacial score (nSPS) is 19.1. The molecule has 1 amide bonds. The van der Waals surface area contributed by atoms with Crippen molar-refractivity contribution in [3.05, 3.63) is 69.0 Å². The van der Waals surface area contributed by atoms with Gasteiger partial charge in [-0.25, -0.2) is 4.79 Å². The smallest absolute Gasteiger partial charge is 0.331 e. The molecule has 2 aromatic rings. The first-order valence-electron chi connectivity index (χ1n) is 9.30. The Hall–Kier alpha value is -3.16. The van der Waals surface area contributed by atoms with Gasteiger partial charge in [-0.05, 0) is 31.2 Å². The molecular weight excluding hydrogens is 362 g/mol. The Kier molecular flexibility index (Phi) is 6.08. The van der Waals surface area contributed by atoms with E-state index in [2.05, 4.69) is 5.32 Å². The van der Waals surface area contributed by atoms with Crippen LogP contribution in [0, 0.1) is 5.92 Å². The van der Waals surface area contributed by atoms with E-state index in [0.29, 0.717) is 32.2 Å². The first-order valence-corrected chi connectivity index (χ1v) is 9.30. The predicted octanol–water partition coefficient (Wildman–Crippen LogP) is 0.818. The Balaban J connectivity index is 1.66. The molecule has 1 aliphatic carbocycles. The quantitative estimate of drug-likeness (QED) is 0.765. The first kappa shape index (κ1) is 19.6. The average Bonchev–Trinajstić information content (AvgIpc) is 2.68. The summed E-state index contributed by atoms with van der Waals surface area (Å²) < 4.78 is 2.31. The lowest BCUT2D eigenvalue weighted by atomic mass is 9.86. The topological polar surface area (TPSA) is 110 Å². The molecule has 28 heavy (non-hydrogen) atoms. The van der Waals surface area contributed by atoms with Crippen LogP contribution in [0.4, 0.5) is 0 Å². The highest BCUT2D eigenvalue weighted by molar-refractivity contribution is 5.76. The van der Waals surface area contributed by atoms with Gasteiger partial charge < -0.3 is 10.4 Å². The molecule has 1 aromatic heterocycles. The average molecular weight is 385 g/mol. The van der Waals surface area contributed by atoms with Gasteiger partial charge in [0, 0.05) is 18.3 Å². The van der Waals surface area contributed by atoms with E-state index < -0.39 is 23.1 Å². The number of benzene rings is 1. The fraction of sp³-hybridized carbons (Fsp3) is 0.400. The van der Waals surface area contributed by atoms with Gasteiger partial charge in [0.05, 0.1) is 12.5 Å². The monoisotopic (exact) mass is 385 g/mol. The molecule has 1 aliphatic rings. The van der Waals surface area contributed by atoms with Gasteiger partial charge in [-0.1, -0.05) is 30.3 Å². The molecule has 1 aromatic carbocycles. The van der Waals surface area contributed by atoms with Crippen LogP contribution in [0.5, 0.6) is 0 Å². The summed E-state index contributed by atoms with van der Waals surface area (Å²) in [5.41, 5.74) is -0.158. The molecule has 1 fully saturated rings. The Bertz CT molecular complexity index is 956. The zero-order chi connectivity index (χ0) is 20.1. The number of carboxylic acids is 1. The van der Waals surface area contributed by atoms with Crippen molar-refractivity contribution >= 4 is 11.9 Å². The van der Waals surface area contributed by atoms with Gasteiger partial charge in [0.1, 0.15) is 6.54 Å². The molecule has 0 unspecified atom stereocenters. The summed E-state index contributed by atoms with van der Waals surface area (Å²) in [5, 5.41) is 11.8. The highest BCUT2D eigenvalue weighted by Gasteiger charge is 2.26. The molecule has 0 atom stereocenters. The summed E-state index contributed by atoms with van der Waals surface area (Å²) in [4.78, 5) is 48.0. The SMILES string of the molecule is O=C(Cn1c(=O)ccn(Cc2ccccc2)c1=O)NC1CCC(C(=O)O)CC1. The number of nitrogens with zero attached hydrogens (tertiary/aromatic N) is 2. The second-order valence-electron chi connectivity index (χ2n) is 7.09. The van der Waals surface area contributed by atoms with Crippen LogP contribution >= 0.6 is 0 Å². The highest BCUT2D eigenvalue weighted by atomic mass is 16.4. The fourth-order valence-corrected chi connectivity index (χ4v) is 3.50. The van der Waals surface area contributed by atoms with Gasteiger partial charge in [-0.3, -0.25) is 23.5 Å². The van der Waals surface area contributed by atoms with E-state index in [-0.39, 0.29) is 18.5 Å².